The van der Waals surface area contributed by atoms with E-state index >= 15 is 0 Å². The molecule has 1 aromatic carbocycles. The highest BCUT2D eigenvalue weighted by Crippen LogP contribution is 2.07. The largest absolute Gasteiger partial charge is 0.399 e. The summed E-state index contributed by atoms with van der Waals surface area (Å²) >= 11 is 0. The fourth-order valence-electron chi connectivity index (χ4n) is 0.812. The maximum absolute atomic E-state index is 10.3. The number of carbonyl (C=O) groups is 1. The lowest BCUT2D eigenvalue weighted by atomic mass is 10.1. The van der Waals surface area contributed by atoms with Gasteiger partial charge in [-0.1, -0.05) is 24.8 Å². The highest BCUT2D eigenvalue weighted by Gasteiger charge is 1.94. The van der Waals surface area contributed by atoms with Gasteiger partial charge in [-0.2, -0.15) is 0 Å². The predicted octanol–water partition coefficient (Wildman–Crippen LogP) is 1.43. The average molecular weight is 147 g/mol. The molecule has 0 aliphatic heterocycles. The van der Waals surface area contributed by atoms with Crippen LogP contribution in [0, 0.1) is 0 Å². The van der Waals surface area contributed by atoms with Crippen LogP contribution in [0.4, 0.5) is 0 Å². The summed E-state index contributed by atoms with van der Waals surface area (Å²) in [6, 6.07) is 7.02. The van der Waals surface area contributed by atoms with Gasteiger partial charge in [-0.05, 0) is 11.6 Å². The number of aldehydes is 1. The molecule has 56 valence electrons. The van der Waals surface area contributed by atoms with E-state index in [9.17, 15) is 4.79 Å². The van der Waals surface area contributed by atoms with Crippen LogP contribution in [-0.4, -0.2) is 6.29 Å². The third-order valence-corrected chi connectivity index (χ3v) is 1.39. The maximum atomic E-state index is 10.3. The van der Waals surface area contributed by atoms with Crippen molar-refractivity contribution in [2.75, 3.05) is 0 Å². The zero-order valence-corrected chi connectivity index (χ0v) is 6.08. The Morgan fingerprint density at radius 1 is 1.55 bits per heavy atom. The van der Waals surface area contributed by atoms with Gasteiger partial charge in [0.25, 0.3) is 0 Å². The highest BCUT2D eigenvalue weighted by atomic mass is 16.1. The number of nitrogens with two attached hydrogens (primary N) is 1. The smallest absolute Gasteiger partial charge is 0.150 e. The van der Waals surface area contributed by atoms with E-state index in [0.29, 0.717) is 11.3 Å². The van der Waals surface area contributed by atoms with Crippen molar-refractivity contribution in [3.63, 3.8) is 0 Å². The van der Waals surface area contributed by atoms with Gasteiger partial charge < -0.3 is 5.73 Å². The maximum Gasteiger partial charge on any atom is 0.150 e. The first kappa shape index (κ1) is 7.54. The van der Waals surface area contributed by atoms with Crippen LogP contribution in [0.15, 0.2) is 30.8 Å². The van der Waals surface area contributed by atoms with Crippen LogP contribution in [0.2, 0.25) is 0 Å². The van der Waals surface area contributed by atoms with Gasteiger partial charge in [-0.15, -0.1) is 0 Å². The van der Waals surface area contributed by atoms with Crippen LogP contribution >= 0.6 is 0 Å². The molecular weight excluding hydrogens is 138 g/mol. The number of rotatable bonds is 2. The molecule has 2 N–H and O–H groups in total. The second-order valence-electron chi connectivity index (χ2n) is 2.27. The highest BCUT2D eigenvalue weighted by molar-refractivity contribution is 5.77. The monoisotopic (exact) mass is 147 g/mol. The van der Waals surface area contributed by atoms with E-state index in [1.54, 1.807) is 18.2 Å². The van der Waals surface area contributed by atoms with E-state index in [1.165, 1.54) is 0 Å². The van der Waals surface area contributed by atoms with E-state index < -0.39 is 0 Å². The molecule has 0 saturated carbocycles. The van der Waals surface area contributed by atoms with Gasteiger partial charge in [0.1, 0.15) is 6.29 Å². The van der Waals surface area contributed by atoms with Gasteiger partial charge in [0.15, 0.2) is 0 Å². The number of carbonyl (C=O) groups excluding carboxylic acids is 1. The Hall–Kier alpha value is -1.57. The van der Waals surface area contributed by atoms with Crippen LogP contribution < -0.4 is 5.73 Å². The minimum atomic E-state index is 0.480. The lowest BCUT2D eigenvalue weighted by molar-refractivity contribution is 0.112. The first-order valence-electron chi connectivity index (χ1n) is 3.24. The van der Waals surface area contributed by atoms with Gasteiger partial charge in [0.05, 0.1) is 0 Å². The van der Waals surface area contributed by atoms with E-state index in [-0.39, 0.29) is 0 Å². The summed E-state index contributed by atoms with van der Waals surface area (Å²) in [5, 5.41) is 0. The van der Waals surface area contributed by atoms with E-state index in [4.69, 9.17) is 5.73 Å². The minimum Gasteiger partial charge on any atom is -0.399 e. The van der Waals surface area contributed by atoms with Crippen molar-refractivity contribution in [3.8, 4) is 0 Å². The van der Waals surface area contributed by atoms with Crippen LogP contribution in [0.25, 0.3) is 5.70 Å². The molecule has 0 amide bonds. The zero-order chi connectivity index (χ0) is 8.27. The van der Waals surface area contributed by atoms with E-state index in [2.05, 4.69) is 6.58 Å². The molecule has 0 aromatic heterocycles. The summed E-state index contributed by atoms with van der Waals surface area (Å²) in [6.45, 7) is 3.56. The van der Waals surface area contributed by atoms with Crippen LogP contribution in [0.3, 0.4) is 0 Å². The number of benzene rings is 1. The Labute approximate surface area is 65.3 Å². The summed E-state index contributed by atoms with van der Waals surface area (Å²) in [6.07, 6.45) is 0.784. The molecular formula is C9H9NO. The van der Waals surface area contributed by atoms with Gasteiger partial charge >= 0.3 is 0 Å². The Bertz CT molecular complexity index is 291. The van der Waals surface area contributed by atoms with Crippen molar-refractivity contribution < 1.29 is 4.79 Å². The first-order valence-corrected chi connectivity index (χ1v) is 3.24. The zero-order valence-electron chi connectivity index (χ0n) is 6.08. The number of hydrogen-bond acceptors (Lipinski definition) is 2. The van der Waals surface area contributed by atoms with E-state index in [0.717, 1.165) is 11.8 Å². The summed E-state index contributed by atoms with van der Waals surface area (Å²) in [5.74, 6) is 0. The fraction of sp³-hybridized carbons (Fsp3) is 0. The second kappa shape index (κ2) is 3.01. The minimum absolute atomic E-state index is 0.480. The summed E-state index contributed by atoms with van der Waals surface area (Å²) in [4.78, 5) is 10.3. The van der Waals surface area contributed by atoms with Crippen molar-refractivity contribution in [1.82, 2.24) is 0 Å². The Kier molecular flexibility index (Phi) is 2.06. The second-order valence-corrected chi connectivity index (χ2v) is 2.27. The Morgan fingerprint density at radius 3 is 2.82 bits per heavy atom. The van der Waals surface area contributed by atoms with Crippen molar-refractivity contribution in [2.24, 2.45) is 5.73 Å². The predicted molar refractivity (Wildman–Crippen MR) is 45.1 cm³/mol. The van der Waals surface area contributed by atoms with Gasteiger partial charge in [-0.25, -0.2) is 0 Å². The SMILES string of the molecule is C=C(N)c1cccc(C=O)c1. The molecule has 0 atom stereocenters. The molecule has 1 rings (SSSR count). The molecule has 1 aromatic rings. The van der Waals surface area contributed by atoms with E-state index in [1.807, 2.05) is 6.07 Å². The Balaban J connectivity index is 3.10. The molecule has 0 aliphatic rings. The van der Waals surface area contributed by atoms with Gasteiger partial charge in [-0.3, -0.25) is 4.79 Å². The lowest BCUT2D eigenvalue weighted by Gasteiger charge is -1.98. The average Bonchev–Trinajstić information content (AvgIpc) is 2.05. The molecule has 11 heavy (non-hydrogen) atoms. The van der Waals surface area contributed by atoms with Crippen LogP contribution in [0.1, 0.15) is 15.9 Å². The van der Waals surface area contributed by atoms with Crippen molar-refractivity contribution in [3.05, 3.63) is 42.0 Å². The summed E-state index contributed by atoms with van der Waals surface area (Å²) in [7, 11) is 0. The molecule has 0 heterocycles. The van der Waals surface area contributed by atoms with Crippen molar-refractivity contribution in [1.29, 1.82) is 0 Å². The topological polar surface area (TPSA) is 43.1 Å². The molecule has 2 nitrogen and oxygen atoms in total. The van der Waals surface area contributed by atoms with Gasteiger partial charge in [0, 0.05) is 11.3 Å². The summed E-state index contributed by atoms with van der Waals surface area (Å²) < 4.78 is 0. The molecule has 0 aliphatic carbocycles. The molecule has 2 heteroatoms. The normalized spacial score (nSPS) is 9.09. The molecule has 0 saturated heterocycles. The fourth-order valence-corrected chi connectivity index (χ4v) is 0.812. The first-order chi connectivity index (χ1) is 5.24. The quantitative estimate of drug-likeness (QED) is 0.643. The van der Waals surface area contributed by atoms with Crippen molar-refractivity contribution in [2.45, 2.75) is 0 Å². The Morgan fingerprint density at radius 2 is 2.27 bits per heavy atom. The number of hydrogen-bond donors (Lipinski definition) is 1. The standard InChI is InChI=1S/C9H9NO/c1-7(10)9-4-2-3-8(5-9)6-11/h2-6H,1,10H2. The molecule has 0 spiro atoms. The molecule has 0 unspecified atom stereocenters. The molecule has 0 bridgehead atoms. The molecule has 0 radical (unpaired) electrons. The van der Waals surface area contributed by atoms with Crippen molar-refractivity contribution >= 4 is 12.0 Å². The lowest BCUT2D eigenvalue weighted by Crippen LogP contribution is -1.94. The third kappa shape index (κ3) is 1.67. The third-order valence-electron chi connectivity index (χ3n) is 1.39. The van der Waals surface area contributed by atoms with Crippen LogP contribution in [0.5, 0.6) is 0 Å². The van der Waals surface area contributed by atoms with Crippen LogP contribution in [-0.2, 0) is 0 Å². The summed E-state index contributed by atoms with van der Waals surface area (Å²) in [5.41, 5.74) is 7.33. The molecule has 0 fully saturated rings. The van der Waals surface area contributed by atoms with Gasteiger partial charge in [0.2, 0.25) is 0 Å².